The molecule has 0 amide bonds. The topological polar surface area (TPSA) is 52.2 Å². The molecular weight excluding hydrogens is 294 g/mol. The van der Waals surface area contributed by atoms with Gasteiger partial charge in [0.1, 0.15) is 5.76 Å². The minimum atomic E-state index is 0.414. The van der Waals surface area contributed by atoms with E-state index in [1.54, 1.807) is 6.26 Å². The Morgan fingerprint density at radius 2 is 2.09 bits per heavy atom. The molecule has 5 heteroatoms. The van der Waals surface area contributed by atoms with Gasteiger partial charge in [-0.05, 0) is 48.5 Å². The number of hydrogen-bond acceptors (Lipinski definition) is 3. The first-order valence-electron chi connectivity index (χ1n) is 7.27. The molecule has 0 saturated carbocycles. The SMILES string of the molecule is CCc1ccc(NC(=S)N(CCC#N)Cc2ccco2)cc1. The van der Waals surface area contributed by atoms with Crippen molar-refractivity contribution in [2.24, 2.45) is 0 Å². The molecular formula is C17H19N3OS. The summed E-state index contributed by atoms with van der Waals surface area (Å²) in [4.78, 5) is 1.94. The Morgan fingerprint density at radius 3 is 2.68 bits per heavy atom. The number of nitrogens with zero attached hydrogens (tertiary/aromatic N) is 2. The third-order valence-corrected chi connectivity index (χ3v) is 3.68. The minimum absolute atomic E-state index is 0.414. The fourth-order valence-electron chi connectivity index (χ4n) is 2.05. The molecule has 2 rings (SSSR count). The maximum Gasteiger partial charge on any atom is 0.173 e. The summed E-state index contributed by atoms with van der Waals surface area (Å²) in [5.41, 5.74) is 2.23. The summed E-state index contributed by atoms with van der Waals surface area (Å²) in [5, 5.41) is 12.6. The molecule has 22 heavy (non-hydrogen) atoms. The standard InChI is InChI=1S/C17H19N3OS/c1-2-14-6-8-15(9-7-14)19-17(22)20(11-4-10-18)13-16-5-3-12-21-16/h3,5-9,12H,2,4,11,13H2,1H3,(H,19,22). The van der Waals surface area contributed by atoms with Gasteiger partial charge in [-0.2, -0.15) is 5.26 Å². The summed E-state index contributed by atoms with van der Waals surface area (Å²) >= 11 is 5.47. The Labute approximate surface area is 136 Å². The summed E-state index contributed by atoms with van der Waals surface area (Å²) in [6, 6.07) is 14.1. The van der Waals surface area contributed by atoms with E-state index in [1.165, 1.54) is 5.56 Å². The van der Waals surface area contributed by atoms with Crippen LogP contribution >= 0.6 is 12.2 Å². The van der Waals surface area contributed by atoms with E-state index in [2.05, 4.69) is 30.4 Å². The molecule has 0 radical (unpaired) electrons. The van der Waals surface area contributed by atoms with Gasteiger partial charge in [0.25, 0.3) is 0 Å². The van der Waals surface area contributed by atoms with Crippen molar-refractivity contribution < 1.29 is 4.42 Å². The highest BCUT2D eigenvalue weighted by molar-refractivity contribution is 7.80. The third kappa shape index (κ3) is 4.61. The zero-order valence-corrected chi connectivity index (χ0v) is 13.4. The van der Waals surface area contributed by atoms with E-state index in [0.29, 0.717) is 24.6 Å². The van der Waals surface area contributed by atoms with Crippen molar-refractivity contribution in [1.82, 2.24) is 4.90 Å². The van der Waals surface area contributed by atoms with Gasteiger partial charge in [-0.3, -0.25) is 0 Å². The Hall–Kier alpha value is -2.32. The normalized spacial score (nSPS) is 10.0. The van der Waals surface area contributed by atoms with Gasteiger partial charge in [-0.25, -0.2) is 0 Å². The second-order valence-corrected chi connectivity index (χ2v) is 5.28. The van der Waals surface area contributed by atoms with E-state index >= 15 is 0 Å². The van der Waals surface area contributed by atoms with Crippen molar-refractivity contribution in [1.29, 1.82) is 5.26 Å². The van der Waals surface area contributed by atoms with Gasteiger partial charge in [0, 0.05) is 12.2 Å². The number of aryl methyl sites for hydroxylation is 1. The van der Waals surface area contributed by atoms with Crippen molar-refractivity contribution >= 4 is 23.0 Å². The molecule has 0 aliphatic carbocycles. The Morgan fingerprint density at radius 1 is 1.32 bits per heavy atom. The molecule has 1 heterocycles. The average Bonchev–Trinajstić information content (AvgIpc) is 3.05. The highest BCUT2D eigenvalue weighted by Gasteiger charge is 2.12. The molecule has 1 aromatic carbocycles. The lowest BCUT2D eigenvalue weighted by Gasteiger charge is -2.24. The molecule has 0 spiro atoms. The van der Waals surface area contributed by atoms with Crippen LogP contribution in [0.2, 0.25) is 0 Å². The third-order valence-electron chi connectivity index (χ3n) is 3.32. The molecule has 114 valence electrons. The largest absolute Gasteiger partial charge is 0.467 e. The lowest BCUT2D eigenvalue weighted by Crippen LogP contribution is -2.34. The average molecular weight is 313 g/mol. The van der Waals surface area contributed by atoms with Crippen LogP contribution in [0.5, 0.6) is 0 Å². The Bertz CT molecular complexity index is 629. The van der Waals surface area contributed by atoms with Crippen molar-refractivity contribution in [3.05, 3.63) is 54.0 Å². The zero-order chi connectivity index (χ0) is 15.8. The number of anilines is 1. The van der Waals surface area contributed by atoms with Gasteiger partial charge in [-0.1, -0.05) is 19.1 Å². The van der Waals surface area contributed by atoms with E-state index in [9.17, 15) is 0 Å². The van der Waals surface area contributed by atoms with Gasteiger partial charge in [0.2, 0.25) is 0 Å². The summed E-state index contributed by atoms with van der Waals surface area (Å²) in [6.45, 7) is 3.24. The predicted molar refractivity (Wildman–Crippen MR) is 91.4 cm³/mol. The van der Waals surface area contributed by atoms with Crippen molar-refractivity contribution in [3.8, 4) is 6.07 Å². The number of nitrogens with one attached hydrogen (secondary N) is 1. The van der Waals surface area contributed by atoms with Crippen LogP contribution in [-0.2, 0) is 13.0 Å². The number of furan rings is 1. The Balaban J connectivity index is 2.02. The summed E-state index contributed by atoms with van der Waals surface area (Å²) in [7, 11) is 0. The predicted octanol–water partition coefficient (Wildman–Crippen LogP) is 3.95. The maximum atomic E-state index is 8.81. The van der Waals surface area contributed by atoms with Crippen molar-refractivity contribution in [2.45, 2.75) is 26.3 Å². The fourth-order valence-corrected chi connectivity index (χ4v) is 2.33. The fraction of sp³-hybridized carbons (Fsp3) is 0.294. The van der Waals surface area contributed by atoms with Crippen LogP contribution in [-0.4, -0.2) is 16.6 Å². The molecule has 0 atom stereocenters. The second kappa shape index (κ2) is 8.20. The van der Waals surface area contributed by atoms with Gasteiger partial charge in [-0.15, -0.1) is 0 Å². The van der Waals surface area contributed by atoms with Gasteiger partial charge in [0.05, 0.1) is 25.3 Å². The number of rotatable bonds is 6. The van der Waals surface area contributed by atoms with E-state index in [0.717, 1.165) is 17.9 Å². The van der Waals surface area contributed by atoms with Crippen LogP contribution in [0.4, 0.5) is 5.69 Å². The first kappa shape index (κ1) is 16.1. The van der Waals surface area contributed by atoms with Crippen LogP contribution in [0.1, 0.15) is 24.7 Å². The van der Waals surface area contributed by atoms with Crippen molar-refractivity contribution in [2.75, 3.05) is 11.9 Å². The molecule has 4 nitrogen and oxygen atoms in total. The van der Waals surface area contributed by atoms with Crippen LogP contribution in [0.3, 0.4) is 0 Å². The van der Waals surface area contributed by atoms with Crippen LogP contribution in [0.25, 0.3) is 0 Å². The highest BCUT2D eigenvalue weighted by Crippen LogP contribution is 2.13. The molecule has 1 N–H and O–H groups in total. The Kier molecular flexibility index (Phi) is 5.99. The monoisotopic (exact) mass is 313 g/mol. The maximum absolute atomic E-state index is 8.81. The van der Waals surface area contributed by atoms with E-state index in [1.807, 2.05) is 29.2 Å². The lowest BCUT2D eigenvalue weighted by atomic mass is 10.1. The summed E-state index contributed by atoms with van der Waals surface area (Å²) in [5.74, 6) is 0.823. The van der Waals surface area contributed by atoms with Gasteiger partial charge < -0.3 is 14.6 Å². The smallest absolute Gasteiger partial charge is 0.173 e. The second-order valence-electron chi connectivity index (χ2n) is 4.89. The quantitative estimate of drug-likeness (QED) is 0.818. The van der Waals surface area contributed by atoms with Crippen LogP contribution in [0.15, 0.2) is 47.1 Å². The number of hydrogen-bond donors (Lipinski definition) is 1. The molecule has 0 aliphatic heterocycles. The molecule has 1 aromatic heterocycles. The van der Waals surface area contributed by atoms with Gasteiger partial charge in [0.15, 0.2) is 5.11 Å². The van der Waals surface area contributed by atoms with Crippen LogP contribution in [0, 0.1) is 11.3 Å². The summed E-state index contributed by atoms with van der Waals surface area (Å²) < 4.78 is 5.36. The number of benzene rings is 1. The van der Waals surface area contributed by atoms with Crippen LogP contribution < -0.4 is 5.32 Å². The molecule has 0 unspecified atom stereocenters. The molecule has 2 aromatic rings. The number of thiocarbonyl (C=S) groups is 1. The molecule has 0 fully saturated rings. The first-order chi connectivity index (χ1) is 10.7. The summed E-state index contributed by atoms with van der Waals surface area (Å²) in [6.07, 6.45) is 3.06. The van der Waals surface area contributed by atoms with E-state index < -0.39 is 0 Å². The first-order valence-corrected chi connectivity index (χ1v) is 7.68. The van der Waals surface area contributed by atoms with Gasteiger partial charge >= 0.3 is 0 Å². The van der Waals surface area contributed by atoms with E-state index in [-0.39, 0.29) is 0 Å². The van der Waals surface area contributed by atoms with E-state index in [4.69, 9.17) is 21.9 Å². The molecule has 0 aliphatic rings. The lowest BCUT2D eigenvalue weighted by molar-refractivity contribution is 0.371. The zero-order valence-electron chi connectivity index (χ0n) is 12.6. The molecule has 0 bridgehead atoms. The van der Waals surface area contributed by atoms with Crippen molar-refractivity contribution in [3.63, 3.8) is 0 Å². The number of nitriles is 1. The molecule has 0 saturated heterocycles. The minimum Gasteiger partial charge on any atom is -0.467 e. The highest BCUT2D eigenvalue weighted by atomic mass is 32.1.